The van der Waals surface area contributed by atoms with Crippen molar-refractivity contribution in [2.45, 2.75) is 25.4 Å². The first-order valence-electron chi connectivity index (χ1n) is 5.89. The van der Waals surface area contributed by atoms with Crippen molar-refractivity contribution in [2.24, 2.45) is 17.8 Å². The zero-order valence-corrected chi connectivity index (χ0v) is 11.3. The molecule has 0 radical (unpaired) electrons. The first-order chi connectivity index (χ1) is 9.91. The Hall–Kier alpha value is -3.14. The van der Waals surface area contributed by atoms with Gasteiger partial charge in [-0.05, 0) is 19.8 Å². The van der Waals surface area contributed by atoms with E-state index in [0.717, 1.165) is 0 Å². The first kappa shape index (κ1) is 17.9. The molecule has 0 aliphatic carbocycles. The van der Waals surface area contributed by atoms with Crippen molar-refractivity contribution in [3.05, 3.63) is 11.0 Å². The Kier molecular flexibility index (Phi) is 6.90. The molecular weight excluding hydrogens is 268 g/mol. The van der Waals surface area contributed by atoms with E-state index < -0.39 is 23.4 Å². The molecule has 7 heteroatoms. The molecule has 0 spiro atoms. The van der Waals surface area contributed by atoms with E-state index in [9.17, 15) is 5.11 Å². The number of rotatable bonds is 6. The molecule has 0 amide bonds. The maximum Gasteiger partial charge on any atom is 0.161 e. The van der Waals surface area contributed by atoms with Crippen LogP contribution in [0.4, 0.5) is 0 Å². The third-order valence-corrected chi connectivity index (χ3v) is 3.13. The molecule has 21 heavy (non-hydrogen) atoms. The van der Waals surface area contributed by atoms with Crippen molar-refractivity contribution in [1.82, 2.24) is 0 Å². The molecule has 1 N–H and O–H groups in total. The summed E-state index contributed by atoms with van der Waals surface area (Å²) in [6.07, 6.45) is -0.134. The van der Waals surface area contributed by atoms with Crippen molar-refractivity contribution in [2.75, 3.05) is 0 Å². The minimum Gasteiger partial charge on any atom is -0.762 e. The second-order valence-corrected chi connectivity index (χ2v) is 4.57. The average Bonchev–Trinajstić information content (AvgIpc) is 2.47. The van der Waals surface area contributed by atoms with E-state index in [4.69, 9.17) is 31.7 Å². The Balaban J connectivity index is 5.32. The van der Waals surface area contributed by atoms with Gasteiger partial charge < -0.3 is 10.5 Å². The van der Waals surface area contributed by atoms with Gasteiger partial charge in [0, 0.05) is 5.92 Å². The molecule has 0 saturated heterocycles. The molecule has 0 rings (SSSR count). The normalized spacial score (nSPS) is 13.5. The van der Waals surface area contributed by atoms with E-state index in [1.54, 1.807) is 36.2 Å². The van der Waals surface area contributed by atoms with Gasteiger partial charge in [0.15, 0.2) is 5.92 Å². The van der Waals surface area contributed by atoms with Crippen LogP contribution in [0.1, 0.15) is 19.8 Å². The molecule has 0 aliphatic heterocycles. The maximum absolute atomic E-state index is 10.1. The zero-order valence-electron chi connectivity index (χ0n) is 11.3. The van der Waals surface area contributed by atoms with E-state index in [0.29, 0.717) is 0 Å². The number of aliphatic hydroxyl groups is 1. The molecule has 2 atom stereocenters. The van der Waals surface area contributed by atoms with Crippen molar-refractivity contribution in [3.63, 3.8) is 0 Å². The highest BCUT2D eigenvalue weighted by Crippen LogP contribution is 2.30. The summed E-state index contributed by atoms with van der Waals surface area (Å²) in [5.41, 5.74) is -1.95. The number of hydrogen-bond acceptors (Lipinski definition) is 6. The predicted molar refractivity (Wildman–Crippen MR) is 70.3 cm³/mol. The fourth-order valence-corrected chi connectivity index (χ4v) is 1.78. The predicted octanol–water partition coefficient (Wildman–Crippen LogP) is 1.15. The van der Waals surface area contributed by atoms with Gasteiger partial charge in [-0.1, -0.05) is 0 Å². The first-order valence-corrected chi connectivity index (χ1v) is 5.89. The Morgan fingerprint density at radius 1 is 1.10 bits per heavy atom. The van der Waals surface area contributed by atoms with Crippen LogP contribution in [0.3, 0.4) is 0 Å². The van der Waals surface area contributed by atoms with Crippen LogP contribution in [-0.2, 0) is 0 Å². The van der Waals surface area contributed by atoms with E-state index in [2.05, 4.69) is 0 Å². The quantitative estimate of drug-likeness (QED) is 0.566. The molecule has 0 aromatic rings. The lowest BCUT2D eigenvalue weighted by atomic mass is 9.79. The molecule has 2 unspecified atom stereocenters. The van der Waals surface area contributed by atoms with Crippen LogP contribution < -0.4 is 0 Å². The summed E-state index contributed by atoms with van der Waals surface area (Å²) in [5, 5.41) is 63.2. The van der Waals surface area contributed by atoms with Crippen LogP contribution in [0.5, 0.6) is 0 Å². The Bertz CT molecular complexity index is 611. The number of nitrogens with zero attached hydrogens (tertiary/aromatic N) is 6. The van der Waals surface area contributed by atoms with Crippen molar-refractivity contribution < 1.29 is 5.11 Å². The standard InChI is InChI=1S/C14H11N6O/c1-14(21,12(8-19)9-20)3-2-13(10(4-15)5-16)11(6-17)7-18/h10,12-13,21H,2-3H2,1H3/q-1. The van der Waals surface area contributed by atoms with Gasteiger partial charge in [0.2, 0.25) is 0 Å². The minimum absolute atomic E-state index is 0.0326. The molecule has 0 fully saturated rings. The van der Waals surface area contributed by atoms with Crippen LogP contribution in [0, 0.1) is 74.4 Å². The molecule has 0 saturated carbocycles. The van der Waals surface area contributed by atoms with Crippen LogP contribution in [0.2, 0.25) is 0 Å². The number of allylic oxidation sites excluding steroid dienone is 1. The molecule has 0 aliphatic rings. The summed E-state index contributed by atoms with van der Waals surface area (Å²) in [6, 6.07) is 8.34. The minimum atomic E-state index is -1.66. The van der Waals surface area contributed by atoms with E-state index in [-0.39, 0.29) is 18.4 Å². The highest BCUT2D eigenvalue weighted by Gasteiger charge is 2.35. The molecule has 0 bridgehead atoms. The highest BCUT2D eigenvalue weighted by molar-refractivity contribution is 5.67. The molecule has 0 aromatic carbocycles. The summed E-state index contributed by atoms with van der Waals surface area (Å²) in [6.45, 7) is 1.29. The monoisotopic (exact) mass is 279 g/mol. The second kappa shape index (κ2) is 8.12. The van der Waals surface area contributed by atoms with Crippen molar-refractivity contribution >= 4 is 5.87 Å². The van der Waals surface area contributed by atoms with Gasteiger partial charge in [0.1, 0.15) is 12.0 Å². The summed E-state index contributed by atoms with van der Waals surface area (Å²) in [5.74, 6) is -1.82. The van der Waals surface area contributed by atoms with Gasteiger partial charge in [-0.3, -0.25) is 5.87 Å². The van der Waals surface area contributed by atoms with Crippen LogP contribution in [0.15, 0.2) is 5.57 Å². The Morgan fingerprint density at radius 2 is 1.62 bits per heavy atom. The topological polar surface area (TPSA) is 161 Å². The summed E-state index contributed by atoms with van der Waals surface area (Å²) < 4.78 is 0. The largest absolute Gasteiger partial charge is 0.762 e. The van der Waals surface area contributed by atoms with Crippen LogP contribution in [0.25, 0.3) is 5.41 Å². The van der Waals surface area contributed by atoms with Crippen molar-refractivity contribution in [3.8, 4) is 30.3 Å². The van der Waals surface area contributed by atoms with E-state index in [1.807, 2.05) is 0 Å². The fraction of sp³-hybridized carbons (Fsp3) is 0.500. The average molecular weight is 279 g/mol. The third kappa shape index (κ3) is 4.47. The van der Waals surface area contributed by atoms with Gasteiger partial charge in [-0.15, -0.1) is 0 Å². The van der Waals surface area contributed by atoms with Crippen molar-refractivity contribution in [1.29, 1.82) is 26.3 Å². The zero-order chi connectivity index (χ0) is 16.5. The molecule has 7 nitrogen and oxygen atoms in total. The van der Waals surface area contributed by atoms with Crippen LogP contribution in [-0.4, -0.2) is 16.6 Å². The summed E-state index contributed by atoms with van der Waals surface area (Å²) >= 11 is 0. The number of hydrogen-bond donors (Lipinski definition) is 1. The summed E-state index contributed by atoms with van der Waals surface area (Å²) in [7, 11) is 0. The Labute approximate surface area is 122 Å². The second-order valence-electron chi connectivity index (χ2n) is 4.57. The van der Waals surface area contributed by atoms with Crippen LogP contribution >= 0.6 is 0 Å². The van der Waals surface area contributed by atoms with Gasteiger partial charge >= 0.3 is 0 Å². The fourth-order valence-electron chi connectivity index (χ4n) is 1.78. The van der Waals surface area contributed by atoms with Gasteiger partial charge in [0.25, 0.3) is 0 Å². The Morgan fingerprint density at radius 3 is 1.95 bits per heavy atom. The lowest BCUT2D eigenvalue weighted by Crippen LogP contribution is -2.34. The lowest BCUT2D eigenvalue weighted by molar-refractivity contribution is 0.0252. The molecule has 0 aromatic heterocycles. The van der Waals surface area contributed by atoms with E-state index >= 15 is 0 Å². The molecule has 104 valence electrons. The van der Waals surface area contributed by atoms with Gasteiger partial charge in [-0.25, -0.2) is 0 Å². The van der Waals surface area contributed by atoms with Gasteiger partial charge in [0.05, 0.1) is 35.5 Å². The third-order valence-electron chi connectivity index (χ3n) is 3.13. The SMILES string of the molecule is CC(O)(CCC(C(=C=[N-])C#N)C(C#N)C#N)C(C#N)C#N. The summed E-state index contributed by atoms with van der Waals surface area (Å²) in [4.78, 5) is 0. The molecule has 0 heterocycles. The van der Waals surface area contributed by atoms with Gasteiger partial charge in [-0.2, -0.15) is 26.3 Å². The number of nitriles is 5. The smallest absolute Gasteiger partial charge is 0.161 e. The maximum atomic E-state index is 10.1. The van der Waals surface area contributed by atoms with E-state index in [1.165, 1.54) is 6.92 Å². The lowest BCUT2D eigenvalue weighted by Gasteiger charge is -2.26. The molecular formula is C14H11N6O-. The highest BCUT2D eigenvalue weighted by atomic mass is 16.3.